The van der Waals surface area contributed by atoms with E-state index in [1.807, 2.05) is 18.2 Å². The van der Waals surface area contributed by atoms with Gasteiger partial charge in [-0.05, 0) is 40.9 Å². The maximum Gasteiger partial charge on any atom is 0.249 e. The number of para-hydroxylation sites is 1. The van der Waals surface area contributed by atoms with Crippen molar-refractivity contribution in [3.63, 3.8) is 0 Å². The molecule has 8 nitrogen and oxygen atoms in total. The number of ether oxygens (including phenoxy) is 1. The van der Waals surface area contributed by atoms with Crippen LogP contribution in [0.4, 0.5) is 17.5 Å². The largest absolute Gasteiger partial charge is 0.493 e. The predicted molar refractivity (Wildman–Crippen MR) is 96.1 cm³/mol. The highest BCUT2D eigenvalue weighted by molar-refractivity contribution is 9.10. The van der Waals surface area contributed by atoms with Gasteiger partial charge >= 0.3 is 0 Å². The molecule has 128 valence electrons. The lowest BCUT2D eigenvalue weighted by molar-refractivity contribution is -0.117. The van der Waals surface area contributed by atoms with E-state index in [1.54, 1.807) is 24.0 Å². The summed E-state index contributed by atoms with van der Waals surface area (Å²) in [6, 6.07) is 5.64. The van der Waals surface area contributed by atoms with E-state index in [4.69, 9.17) is 4.74 Å². The van der Waals surface area contributed by atoms with Crippen LogP contribution in [0, 0.1) is 5.92 Å². The Morgan fingerprint density at radius 3 is 3.00 bits per heavy atom. The first-order valence-corrected chi connectivity index (χ1v) is 8.57. The number of nitrogens with zero attached hydrogens (tertiary/aromatic N) is 4. The number of fused-ring (bicyclic) bond motifs is 1. The maximum absolute atomic E-state index is 12.0. The molecule has 1 fully saturated rings. The molecular weight excluding hydrogens is 388 g/mol. The van der Waals surface area contributed by atoms with Gasteiger partial charge in [0.25, 0.3) is 0 Å². The Bertz CT molecular complexity index is 953. The van der Waals surface area contributed by atoms with E-state index in [0.29, 0.717) is 17.2 Å². The number of imidazole rings is 1. The van der Waals surface area contributed by atoms with Gasteiger partial charge in [0.2, 0.25) is 11.9 Å². The summed E-state index contributed by atoms with van der Waals surface area (Å²) in [5.41, 5.74) is 1.27. The predicted octanol–water partition coefficient (Wildman–Crippen LogP) is 2.99. The molecule has 0 spiro atoms. The molecule has 4 rings (SSSR count). The molecule has 0 bridgehead atoms. The summed E-state index contributed by atoms with van der Waals surface area (Å²) in [6.07, 6.45) is 5.16. The molecule has 0 aliphatic heterocycles. The zero-order valence-corrected chi connectivity index (χ0v) is 14.9. The zero-order chi connectivity index (χ0) is 17.4. The van der Waals surface area contributed by atoms with Crippen molar-refractivity contribution in [1.29, 1.82) is 0 Å². The van der Waals surface area contributed by atoms with Crippen LogP contribution in [0.2, 0.25) is 0 Å². The van der Waals surface area contributed by atoms with Gasteiger partial charge in [-0.15, -0.1) is 5.10 Å². The number of hydrogen-bond donors (Lipinski definition) is 2. The van der Waals surface area contributed by atoms with Crippen LogP contribution >= 0.6 is 15.9 Å². The Kier molecular flexibility index (Phi) is 4.00. The van der Waals surface area contributed by atoms with Crippen LogP contribution in [0.5, 0.6) is 5.75 Å². The van der Waals surface area contributed by atoms with Crippen molar-refractivity contribution in [1.82, 2.24) is 19.6 Å². The quantitative estimate of drug-likeness (QED) is 0.681. The Hall–Kier alpha value is -2.68. The molecule has 2 aromatic heterocycles. The second-order valence-corrected chi connectivity index (χ2v) is 6.54. The fraction of sp³-hybridized carbons (Fsp3) is 0.250. The van der Waals surface area contributed by atoms with Crippen molar-refractivity contribution in [2.24, 2.45) is 5.92 Å². The summed E-state index contributed by atoms with van der Waals surface area (Å²) < 4.78 is 7.81. The smallest absolute Gasteiger partial charge is 0.249 e. The van der Waals surface area contributed by atoms with Gasteiger partial charge < -0.3 is 10.1 Å². The van der Waals surface area contributed by atoms with E-state index in [2.05, 4.69) is 41.6 Å². The van der Waals surface area contributed by atoms with E-state index in [9.17, 15) is 4.79 Å². The van der Waals surface area contributed by atoms with Crippen molar-refractivity contribution < 1.29 is 9.53 Å². The van der Waals surface area contributed by atoms with E-state index >= 15 is 0 Å². The second-order valence-electron chi connectivity index (χ2n) is 5.69. The number of aromatic nitrogens is 4. The zero-order valence-electron chi connectivity index (χ0n) is 13.4. The monoisotopic (exact) mass is 402 g/mol. The minimum atomic E-state index is -0.0505. The summed E-state index contributed by atoms with van der Waals surface area (Å²) >= 11 is 3.46. The number of methoxy groups -OCH3 is 1. The lowest BCUT2D eigenvalue weighted by Gasteiger charge is -2.13. The lowest BCUT2D eigenvalue weighted by atomic mass is 10.3. The van der Waals surface area contributed by atoms with E-state index in [0.717, 1.165) is 23.0 Å². The van der Waals surface area contributed by atoms with Gasteiger partial charge in [-0.25, -0.2) is 9.50 Å². The summed E-state index contributed by atoms with van der Waals surface area (Å²) in [5, 5.41) is 10.3. The Morgan fingerprint density at radius 2 is 2.24 bits per heavy atom. The second kappa shape index (κ2) is 6.32. The van der Waals surface area contributed by atoms with Gasteiger partial charge in [0.15, 0.2) is 17.2 Å². The first-order chi connectivity index (χ1) is 12.2. The first-order valence-electron chi connectivity index (χ1n) is 7.77. The van der Waals surface area contributed by atoms with Crippen LogP contribution in [0.15, 0.2) is 35.1 Å². The first kappa shape index (κ1) is 15.8. The summed E-state index contributed by atoms with van der Waals surface area (Å²) in [6.45, 7) is 0. The van der Waals surface area contributed by atoms with E-state index < -0.39 is 0 Å². The third kappa shape index (κ3) is 3.14. The third-order valence-electron chi connectivity index (χ3n) is 3.86. The van der Waals surface area contributed by atoms with Crippen LogP contribution in [0.25, 0.3) is 5.65 Å². The number of rotatable bonds is 5. The molecule has 2 N–H and O–H groups in total. The minimum Gasteiger partial charge on any atom is -0.493 e. The molecule has 1 saturated carbocycles. The van der Waals surface area contributed by atoms with Crippen molar-refractivity contribution in [3.8, 4) is 5.75 Å². The topological polar surface area (TPSA) is 93.4 Å². The average Bonchev–Trinajstić information content (AvgIpc) is 3.34. The van der Waals surface area contributed by atoms with Gasteiger partial charge in [0, 0.05) is 18.3 Å². The fourth-order valence-electron chi connectivity index (χ4n) is 2.46. The van der Waals surface area contributed by atoms with Crippen molar-refractivity contribution >= 4 is 44.9 Å². The Labute approximate surface area is 151 Å². The molecular formula is C16H15BrN6O2. The number of hydrogen-bond acceptors (Lipinski definition) is 6. The Morgan fingerprint density at radius 1 is 1.40 bits per heavy atom. The molecule has 1 aliphatic rings. The highest BCUT2D eigenvalue weighted by Gasteiger charge is 2.30. The standard InChI is InChI=1S/C16H15BrN6O2/c1-25-12-10(17)3-2-4-11(12)19-13-14-18-7-8-23(14)22-16(20-13)21-15(24)9-5-6-9/h2-4,7-9H,5-6H2,1H3,(H2,19,20,21,22,24). The molecule has 0 radical (unpaired) electrons. The van der Waals surface area contributed by atoms with Crippen molar-refractivity contribution in [2.75, 3.05) is 17.7 Å². The van der Waals surface area contributed by atoms with Crippen LogP contribution in [0.3, 0.4) is 0 Å². The molecule has 0 unspecified atom stereocenters. The maximum atomic E-state index is 12.0. The van der Waals surface area contributed by atoms with Crippen LogP contribution < -0.4 is 15.4 Å². The molecule has 0 saturated heterocycles. The number of halogens is 1. The minimum absolute atomic E-state index is 0.0505. The van der Waals surface area contributed by atoms with Gasteiger partial charge in [-0.3, -0.25) is 10.1 Å². The van der Waals surface area contributed by atoms with Gasteiger partial charge in [-0.1, -0.05) is 6.07 Å². The highest BCUT2D eigenvalue weighted by atomic mass is 79.9. The fourth-order valence-corrected chi connectivity index (χ4v) is 2.99. The summed E-state index contributed by atoms with van der Waals surface area (Å²) in [4.78, 5) is 20.7. The van der Waals surface area contributed by atoms with E-state index in [-0.39, 0.29) is 17.8 Å². The molecule has 3 aromatic rings. The number of nitrogens with one attached hydrogen (secondary N) is 2. The number of carbonyl (C=O) groups is 1. The molecule has 1 aliphatic carbocycles. The molecule has 25 heavy (non-hydrogen) atoms. The number of benzene rings is 1. The summed E-state index contributed by atoms with van der Waals surface area (Å²) in [7, 11) is 1.59. The van der Waals surface area contributed by atoms with Gasteiger partial charge in [0.1, 0.15) is 0 Å². The number of anilines is 3. The SMILES string of the molecule is COc1c(Br)cccc1Nc1nc(NC(=O)C2CC2)nn2ccnc12. The molecule has 2 heterocycles. The average molecular weight is 403 g/mol. The lowest BCUT2D eigenvalue weighted by Crippen LogP contribution is -2.17. The number of amides is 1. The van der Waals surface area contributed by atoms with Gasteiger partial charge in [-0.2, -0.15) is 4.98 Å². The van der Waals surface area contributed by atoms with Crippen molar-refractivity contribution in [2.45, 2.75) is 12.8 Å². The van der Waals surface area contributed by atoms with Crippen LogP contribution in [-0.2, 0) is 4.79 Å². The highest BCUT2D eigenvalue weighted by Crippen LogP contribution is 2.35. The van der Waals surface area contributed by atoms with Crippen LogP contribution in [0.1, 0.15) is 12.8 Å². The molecule has 0 atom stereocenters. The van der Waals surface area contributed by atoms with Crippen molar-refractivity contribution in [3.05, 3.63) is 35.1 Å². The van der Waals surface area contributed by atoms with E-state index in [1.165, 1.54) is 0 Å². The summed E-state index contributed by atoms with van der Waals surface area (Å²) in [5.74, 6) is 1.38. The third-order valence-corrected chi connectivity index (χ3v) is 4.49. The van der Waals surface area contributed by atoms with Crippen LogP contribution in [-0.4, -0.2) is 32.6 Å². The van der Waals surface area contributed by atoms with Gasteiger partial charge in [0.05, 0.1) is 17.3 Å². The molecule has 1 aromatic carbocycles. The number of carbonyl (C=O) groups excluding carboxylic acids is 1. The molecule has 1 amide bonds. The Balaban J connectivity index is 1.72. The normalized spacial score (nSPS) is 13.7. The molecule has 9 heteroatoms.